The van der Waals surface area contributed by atoms with E-state index < -0.39 is 27.1 Å². The largest absolute Gasteiger partial charge is 0.324 e. The van der Waals surface area contributed by atoms with E-state index in [2.05, 4.69) is 10.4 Å². The summed E-state index contributed by atoms with van der Waals surface area (Å²) < 4.78 is 1.26. The number of benzene rings is 1. The Kier molecular flexibility index (Phi) is 4.55. The van der Waals surface area contributed by atoms with Crippen LogP contribution in [0.3, 0.4) is 0 Å². The quantitative estimate of drug-likeness (QED) is 0.656. The maximum atomic E-state index is 11.9. The van der Waals surface area contributed by atoms with Crippen LogP contribution in [-0.2, 0) is 11.3 Å². The molecule has 0 radical (unpaired) electrons. The molecule has 1 aromatic carbocycles. The smallest absolute Gasteiger partial charge is 0.281 e. The molecule has 120 valence electrons. The summed E-state index contributed by atoms with van der Waals surface area (Å²) in [4.78, 5) is 32.3. The Morgan fingerprint density at radius 2 is 1.87 bits per heavy atom. The molecule has 0 aliphatic rings. The van der Waals surface area contributed by atoms with E-state index in [4.69, 9.17) is 11.6 Å². The number of nitrogens with one attached hydrogen (secondary N) is 1. The molecule has 1 heterocycles. The Morgan fingerprint density at radius 1 is 1.30 bits per heavy atom. The number of hydrogen-bond acceptors (Lipinski definition) is 6. The summed E-state index contributed by atoms with van der Waals surface area (Å²) in [7, 11) is 0. The molecule has 2 aromatic rings. The van der Waals surface area contributed by atoms with Crippen LogP contribution in [0.5, 0.6) is 0 Å². The topological polar surface area (TPSA) is 133 Å². The predicted molar refractivity (Wildman–Crippen MR) is 80.4 cm³/mol. The number of carbonyl (C=O) groups excluding carboxylic acids is 1. The van der Waals surface area contributed by atoms with Crippen LogP contribution in [0.15, 0.2) is 24.5 Å². The van der Waals surface area contributed by atoms with E-state index in [0.717, 1.165) is 12.1 Å². The Labute approximate surface area is 134 Å². The summed E-state index contributed by atoms with van der Waals surface area (Å²) in [5.41, 5.74) is -1.03. The van der Waals surface area contributed by atoms with E-state index in [0.29, 0.717) is 5.02 Å². The zero-order valence-electron chi connectivity index (χ0n) is 11.7. The van der Waals surface area contributed by atoms with Crippen molar-refractivity contribution < 1.29 is 14.6 Å². The fourth-order valence-corrected chi connectivity index (χ4v) is 2.06. The third-order valence-electron chi connectivity index (χ3n) is 2.94. The summed E-state index contributed by atoms with van der Waals surface area (Å²) in [6.45, 7) is 1.08. The molecule has 0 saturated carbocycles. The summed E-state index contributed by atoms with van der Waals surface area (Å²) >= 11 is 5.67. The number of rotatable bonds is 5. The number of halogens is 1. The molecule has 0 aliphatic carbocycles. The number of anilines is 1. The highest BCUT2D eigenvalue weighted by atomic mass is 35.5. The average molecular weight is 340 g/mol. The van der Waals surface area contributed by atoms with Crippen molar-refractivity contribution in [3.8, 4) is 0 Å². The van der Waals surface area contributed by atoms with Gasteiger partial charge in [0.05, 0.1) is 26.8 Å². The van der Waals surface area contributed by atoms with Gasteiger partial charge in [-0.1, -0.05) is 11.6 Å². The van der Waals surface area contributed by atoms with Gasteiger partial charge < -0.3 is 5.32 Å². The van der Waals surface area contributed by atoms with Crippen molar-refractivity contribution in [3.05, 3.63) is 55.3 Å². The van der Waals surface area contributed by atoms with Gasteiger partial charge >= 0.3 is 0 Å². The minimum Gasteiger partial charge on any atom is -0.324 e. The second kappa shape index (κ2) is 6.40. The highest BCUT2D eigenvalue weighted by Crippen LogP contribution is 2.31. The highest BCUT2D eigenvalue weighted by molar-refractivity contribution is 6.30. The zero-order chi connectivity index (χ0) is 17.1. The molecule has 1 N–H and O–H groups in total. The van der Waals surface area contributed by atoms with E-state index in [9.17, 15) is 25.0 Å². The van der Waals surface area contributed by atoms with Crippen molar-refractivity contribution in [2.24, 2.45) is 0 Å². The van der Waals surface area contributed by atoms with E-state index in [1.54, 1.807) is 0 Å². The molecule has 1 aromatic heterocycles. The van der Waals surface area contributed by atoms with E-state index in [1.165, 1.54) is 24.0 Å². The van der Waals surface area contributed by atoms with Crippen molar-refractivity contribution in [2.75, 3.05) is 5.32 Å². The van der Waals surface area contributed by atoms with Gasteiger partial charge in [-0.25, -0.2) is 0 Å². The van der Waals surface area contributed by atoms with Crippen LogP contribution in [0.2, 0.25) is 5.02 Å². The van der Waals surface area contributed by atoms with Crippen LogP contribution in [0.4, 0.5) is 17.1 Å². The van der Waals surface area contributed by atoms with Crippen molar-refractivity contribution in [1.29, 1.82) is 0 Å². The maximum absolute atomic E-state index is 11.9. The van der Waals surface area contributed by atoms with Crippen LogP contribution in [-0.4, -0.2) is 25.5 Å². The molecule has 0 spiro atoms. The molecule has 2 rings (SSSR count). The minimum absolute atomic E-state index is 0.0442. The van der Waals surface area contributed by atoms with Gasteiger partial charge in [-0.3, -0.25) is 29.7 Å². The minimum atomic E-state index is -0.745. The molecule has 0 atom stereocenters. The molecule has 23 heavy (non-hydrogen) atoms. The molecular formula is C12H10ClN5O5. The third-order valence-corrected chi connectivity index (χ3v) is 3.13. The molecular weight excluding hydrogens is 330 g/mol. The second-order valence-corrected chi connectivity index (χ2v) is 4.99. The normalized spacial score (nSPS) is 10.3. The van der Waals surface area contributed by atoms with E-state index in [1.807, 2.05) is 0 Å². The Hall–Kier alpha value is -3.01. The van der Waals surface area contributed by atoms with Crippen LogP contribution < -0.4 is 5.32 Å². The highest BCUT2D eigenvalue weighted by Gasteiger charge is 2.23. The number of hydrogen-bond donors (Lipinski definition) is 1. The van der Waals surface area contributed by atoms with Crippen LogP contribution in [0.25, 0.3) is 0 Å². The fraction of sp³-hybridized carbons (Fsp3) is 0.167. The molecule has 0 saturated heterocycles. The number of nitro benzene ring substituents is 2. The molecule has 0 fully saturated rings. The van der Waals surface area contributed by atoms with Crippen molar-refractivity contribution in [2.45, 2.75) is 13.5 Å². The van der Waals surface area contributed by atoms with Gasteiger partial charge in [0.1, 0.15) is 12.1 Å². The lowest BCUT2D eigenvalue weighted by Crippen LogP contribution is -2.19. The van der Waals surface area contributed by atoms with Gasteiger partial charge in [-0.2, -0.15) is 5.10 Å². The van der Waals surface area contributed by atoms with Crippen molar-refractivity contribution in [3.63, 3.8) is 0 Å². The second-order valence-electron chi connectivity index (χ2n) is 4.56. The van der Waals surface area contributed by atoms with E-state index in [-0.39, 0.29) is 17.8 Å². The van der Waals surface area contributed by atoms with Gasteiger partial charge in [-0.05, 0) is 6.92 Å². The summed E-state index contributed by atoms with van der Waals surface area (Å²) in [6, 6.07) is 2.13. The van der Waals surface area contributed by atoms with E-state index >= 15 is 0 Å². The van der Waals surface area contributed by atoms with Gasteiger partial charge in [0, 0.05) is 18.3 Å². The maximum Gasteiger partial charge on any atom is 0.281 e. The van der Waals surface area contributed by atoms with Crippen molar-refractivity contribution >= 4 is 34.6 Å². The lowest BCUT2D eigenvalue weighted by atomic mass is 10.1. The summed E-state index contributed by atoms with van der Waals surface area (Å²) in [6.07, 6.45) is 2.76. The SMILES string of the molecule is Cc1c([N+](=O)[O-])cc(NC(=O)Cn2cc(Cl)cn2)cc1[N+](=O)[O-]. The molecule has 11 heteroatoms. The molecule has 0 bridgehead atoms. The summed E-state index contributed by atoms with van der Waals surface area (Å²) in [5.74, 6) is -0.558. The Bertz CT molecular complexity index is 768. The van der Waals surface area contributed by atoms with Gasteiger partial charge in [0.15, 0.2) is 0 Å². The standard InChI is InChI=1S/C12H10ClN5O5/c1-7-10(17(20)21)2-9(3-11(7)18(22)23)15-12(19)6-16-5-8(13)4-14-16/h2-5H,6H2,1H3,(H,15,19). The first-order valence-corrected chi connectivity index (χ1v) is 6.57. The first kappa shape index (κ1) is 16.4. The first-order valence-electron chi connectivity index (χ1n) is 6.19. The summed E-state index contributed by atoms with van der Waals surface area (Å²) in [5, 5.41) is 28.5. The molecule has 10 nitrogen and oxygen atoms in total. The lowest BCUT2D eigenvalue weighted by Gasteiger charge is -2.07. The molecule has 0 unspecified atom stereocenters. The Balaban J connectivity index is 2.26. The van der Waals surface area contributed by atoms with Gasteiger partial charge in [0.2, 0.25) is 5.91 Å². The van der Waals surface area contributed by atoms with Gasteiger partial charge in [0.25, 0.3) is 11.4 Å². The van der Waals surface area contributed by atoms with Crippen LogP contribution >= 0.6 is 11.6 Å². The number of nitrogens with zero attached hydrogens (tertiary/aromatic N) is 4. The Morgan fingerprint density at radius 3 is 2.30 bits per heavy atom. The third kappa shape index (κ3) is 3.80. The van der Waals surface area contributed by atoms with Crippen molar-refractivity contribution in [1.82, 2.24) is 9.78 Å². The lowest BCUT2D eigenvalue weighted by molar-refractivity contribution is -0.395. The van der Waals surface area contributed by atoms with Gasteiger partial charge in [-0.15, -0.1) is 0 Å². The predicted octanol–water partition coefficient (Wildman–Crippen LogP) is 2.30. The van der Waals surface area contributed by atoms with Crippen LogP contribution in [0.1, 0.15) is 5.56 Å². The fourth-order valence-electron chi connectivity index (χ4n) is 1.91. The number of aromatic nitrogens is 2. The first-order chi connectivity index (χ1) is 10.8. The number of nitro groups is 2. The number of carbonyl (C=O) groups is 1. The molecule has 1 amide bonds. The van der Waals surface area contributed by atoms with Crippen LogP contribution in [0, 0.1) is 27.2 Å². The monoisotopic (exact) mass is 339 g/mol. The molecule has 0 aliphatic heterocycles. The average Bonchev–Trinajstić information content (AvgIpc) is 2.85. The number of amides is 1. The zero-order valence-corrected chi connectivity index (χ0v) is 12.5.